The Labute approximate surface area is 216 Å². The van der Waals surface area contributed by atoms with Crippen molar-refractivity contribution in [1.29, 1.82) is 5.26 Å². The van der Waals surface area contributed by atoms with E-state index >= 15 is 0 Å². The van der Waals surface area contributed by atoms with E-state index in [9.17, 15) is 41.2 Å². The second-order valence-electron chi connectivity index (χ2n) is 9.20. The second kappa shape index (κ2) is 11.5. The molecule has 38 heavy (non-hydrogen) atoms. The molecule has 3 rings (SSSR count). The standard InChI is InChI=1S/C27H26F6N2O3/c1-2-38-22(36)16-25(21(17-34)19-10-6-7-11-20(19)26(28,29)30)12-14-35(15-13-25)24(37)23(27(31,32)33)18-8-4-3-5-9-18/h3-11,21,23H,2,12-16H2,1H3/t21?,23-/m0/s1. The molecule has 1 fully saturated rings. The Bertz CT molecular complexity index is 1170. The average molecular weight is 541 g/mol. The number of halogens is 6. The monoisotopic (exact) mass is 540 g/mol. The number of nitriles is 1. The van der Waals surface area contributed by atoms with E-state index in [4.69, 9.17) is 4.74 Å². The number of esters is 1. The van der Waals surface area contributed by atoms with Crippen LogP contribution in [0.15, 0.2) is 54.6 Å². The maximum atomic E-state index is 13.9. The molecule has 2 aromatic carbocycles. The average Bonchev–Trinajstić information content (AvgIpc) is 2.84. The van der Waals surface area contributed by atoms with Crippen molar-refractivity contribution in [1.82, 2.24) is 4.90 Å². The van der Waals surface area contributed by atoms with Crippen LogP contribution in [0.2, 0.25) is 0 Å². The summed E-state index contributed by atoms with van der Waals surface area (Å²) in [5.41, 5.74) is -2.99. The van der Waals surface area contributed by atoms with Crippen LogP contribution in [0.5, 0.6) is 0 Å². The van der Waals surface area contributed by atoms with Crippen LogP contribution in [0.25, 0.3) is 0 Å². The number of benzene rings is 2. The molecule has 0 aromatic heterocycles. The van der Waals surface area contributed by atoms with Crippen LogP contribution in [0.1, 0.15) is 54.7 Å². The van der Waals surface area contributed by atoms with E-state index in [2.05, 4.69) is 0 Å². The number of ether oxygens (including phenoxy) is 1. The maximum absolute atomic E-state index is 13.9. The number of piperidine rings is 1. The number of hydrogen-bond donors (Lipinski definition) is 0. The molecular formula is C27H26F6N2O3. The second-order valence-corrected chi connectivity index (χ2v) is 9.20. The van der Waals surface area contributed by atoms with Crippen molar-refractivity contribution in [3.8, 4) is 6.07 Å². The highest BCUT2D eigenvalue weighted by Gasteiger charge is 2.51. The predicted octanol–water partition coefficient (Wildman–Crippen LogP) is 6.22. The third kappa shape index (κ3) is 6.29. The highest BCUT2D eigenvalue weighted by atomic mass is 19.4. The summed E-state index contributed by atoms with van der Waals surface area (Å²) in [6.45, 7) is 1.00. The molecule has 2 aromatic rings. The van der Waals surface area contributed by atoms with Crippen LogP contribution in [0.4, 0.5) is 26.3 Å². The molecule has 1 unspecified atom stereocenters. The molecule has 0 aliphatic carbocycles. The van der Waals surface area contributed by atoms with Gasteiger partial charge in [-0.15, -0.1) is 0 Å². The van der Waals surface area contributed by atoms with Crippen molar-refractivity contribution in [2.24, 2.45) is 5.41 Å². The molecule has 1 saturated heterocycles. The lowest BCUT2D eigenvalue weighted by Crippen LogP contribution is -2.49. The summed E-state index contributed by atoms with van der Waals surface area (Å²) in [7, 11) is 0. The molecule has 2 atom stereocenters. The fraction of sp³-hybridized carbons (Fsp3) is 0.444. The maximum Gasteiger partial charge on any atom is 0.416 e. The molecule has 0 radical (unpaired) electrons. The Morgan fingerprint density at radius 2 is 1.58 bits per heavy atom. The molecule has 0 spiro atoms. The third-order valence-corrected chi connectivity index (χ3v) is 6.90. The van der Waals surface area contributed by atoms with Gasteiger partial charge in [0.25, 0.3) is 0 Å². The number of alkyl halides is 6. The molecule has 1 aliphatic rings. The van der Waals surface area contributed by atoms with Crippen molar-refractivity contribution in [3.05, 3.63) is 71.3 Å². The third-order valence-electron chi connectivity index (χ3n) is 6.90. The minimum atomic E-state index is -4.88. The molecule has 0 bridgehead atoms. The summed E-state index contributed by atoms with van der Waals surface area (Å²) in [5.74, 6) is -5.78. The van der Waals surface area contributed by atoms with E-state index in [1.807, 2.05) is 6.07 Å². The van der Waals surface area contributed by atoms with Gasteiger partial charge in [-0.1, -0.05) is 48.5 Å². The first-order valence-electron chi connectivity index (χ1n) is 12.0. The Balaban J connectivity index is 1.97. The Morgan fingerprint density at radius 1 is 1.00 bits per heavy atom. The number of nitrogens with zero attached hydrogens (tertiary/aromatic N) is 2. The van der Waals surface area contributed by atoms with Gasteiger partial charge >= 0.3 is 18.3 Å². The van der Waals surface area contributed by atoms with Gasteiger partial charge in [-0.25, -0.2) is 0 Å². The summed E-state index contributed by atoms with van der Waals surface area (Å²) in [6.07, 6.45) is -10.4. The number of amides is 1. The van der Waals surface area contributed by atoms with Crippen LogP contribution in [-0.2, 0) is 20.5 Å². The number of rotatable bonds is 7. The molecule has 11 heteroatoms. The molecule has 1 amide bonds. The van der Waals surface area contributed by atoms with Gasteiger partial charge in [-0.2, -0.15) is 31.6 Å². The van der Waals surface area contributed by atoms with Crippen molar-refractivity contribution in [2.45, 2.75) is 50.4 Å². The lowest BCUT2D eigenvalue weighted by atomic mass is 9.64. The summed E-state index contributed by atoms with van der Waals surface area (Å²) < 4.78 is 88.1. The first kappa shape index (κ1) is 29.0. The van der Waals surface area contributed by atoms with Gasteiger partial charge in [-0.05, 0) is 37.0 Å². The largest absolute Gasteiger partial charge is 0.466 e. The first-order valence-corrected chi connectivity index (χ1v) is 12.0. The van der Waals surface area contributed by atoms with Crippen LogP contribution < -0.4 is 0 Å². The zero-order valence-electron chi connectivity index (χ0n) is 20.5. The number of carbonyl (C=O) groups is 2. The van der Waals surface area contributed by atoms with E-state index in [1.54, 1.807) is 6.92 Å². The fourth-order valence-electron chi connectivity index (χ4n) is 5.08. The minimum Gasteiger partial charge on any atom is -0.466 e. The van der Waals surface area contributed by atoms with Gasteiger partial charge < -0.3 is 9.64 Å². The van der Waals surface area contributed by atoms with E-state index in [-0.39, 0.29) is 43.7 Å². The van der Waals surface area contributed by atoms with Crippen LogP contribution >= 0.6 is 0 Å². The molecule has 0 N–H and O–H groups in total. The van der Waals surface area contributed by atoms with Crippen molar-refractivity contribution < 1.29 is 40.7 Å². The highest BCUT2D eigenvalue weighted by Crippen LogP contribution is 2.50. The minimum absolute atomic E-state index is 0.000219. The number of likely N-dealkylation sites (tertiary alicyclic amines) is 1. The zero-order chi connectivity index (χ0) is 28.1. The normalized spacial score (nSPS) is 17.3. The summed E-state index contributed by atoms with van der Waals surface area (Å²) >= 11 is 0. The Morgan fingerprint density at radius 3 is 2.11 bits per heavy atom. The summed E-state index contributed by atoms with van der Waals surface area (Å²) in [5, 5.41) is 10.0. The Kier molecular flexibility index (Phi) is 8.75. The van der Waals surface area contributed by atoms with Gasteiger partial charge in [0.05, 0.1) is 30.6 Å². The van der Waals surface area contributed by atoms with Crippen molar-refractivity contribution >= 4 is 11.9 Å². The van der Waals surface area contributed by atoms with Gasteiger partial charge in [0.2, 0.25) is 5.91 Å². The van der Waals surface area contributed by atoms with E-state index in [0.29, 0.717) is 0 Å². The summed E-state index contributed by atoms with van der Waals surface area (Å²) in [4.78, 5) is 26.6. The molecule has 1 heterocycles. The first-order chi connectivity index (χ1) is 17.8. The smallest absolute Gasteiger partial charge is 0.416 e. The topological polar surface area (TPSA) is 70.4 Å². The van der Waals surface area contributed by atoms with Gasteiger partial charge in [0.1, 0.15) is 0 Å². The molecule has 1 aliphatic heterocycles. The van der Waals surface area contributed by atoms with Gasteiger partial charge in [0.15, 0.2) is 5.92 Å². The van der Waals surface area contributed by atoms with Crippen LogP contribution in [-0.4, -0.2) is 42.6 Å². The molecule has 5 nitrogen and oxygen atoms in total. The number of carbonyl (C=O) groups excluding carboxylic acids is 2. The molecule has 0 saturated carbocycles. The lowest BCUT2D eigenvalue weighted by Gasteiger charge is -2.45. The summed E-state index contributed by atoms with van der Waals surface area (Å²) in [6, 6.07) is 13.1. The van der Waals surface area contributed by atoms with Crippen LogP contribution in [0.3, 0.4) is 0 Å². The van der Waals surface area contributed by atoms with Gasteiger partial charge in [-0.3, -0.25) is 9.59 Å². The van der Waals surface area contributed by atoms with Gasteiger partial charge in [0, 0.05) is 18.5 Å². The van der Waals surface area contributed by atoms with Crippen LogP contribution in [0, 0.1) is 16.7 Å². The zero-order valence-corrected chi connectivity index (χ0v) is 20.5. The Hall–Kier alpha value is -3.55. The molecular weight excluding hydrogens is 514 g/mol. The highest BCUT2D eigenvalue weighted by molar-refractivity contribution is 5.85. The molecule has 204 valence electrons. The van der Waals surface area contributed by atoms with Crippen molar-refractivity contribution in [3.63, 3.8) is 0 Å². The number of hydrogen-bond acceptors (Lipinski definition) is 4. The van der Waals surface area contributed by atoms with E-state index in [0.717, 1.165) is 17.0 Å². The van der Waals surface area contributed by atoms with Crippen molar-refractivity contribution in [2.75, 3.05) is 19.7 Å². The lowest BCUT2D eigenvalue weighted by molar-refractivity contribution is -0.173. The SMILES string of the molecule is CCOC(=O)CC1(C(C#N)c2ccccc2C(F)(F)F)CCN(C(=O)[C@H](c2ccccc2)C(F)(F)F)CC1. The quantitative estimate of drug-likeness (QED) is 0.309. The predicted molar refractivity (Wildman–Crippen MR) is 125 cm³/mol. The van der Waals surface area contributed by atoms with E-state index in [1.165, 1.54) is 42.5 Å². The fourth-order valence-corrected chi connectivity index (χ4v) is 5.08. The van der Waals surface area contributed by atoms with E-state index < -0.39 is 53.5 Å².